The zero-order valence-electron chi connectivity index (χ0n) is 32.6. The number of fused-ring (bicyclic) bond motifs is 10. The smallest absolute Gasteiger partial charge is 0.180 e. The lowest BCUT2D eigenvalue weighted by Crippen LogP contribution is -2.16. The first-order valence-corrected chi connectivity index (χ1v) is 20.2. The quantitative estimate of drug-likeness (QED) is 0.176. The van der Waals surface area contributed by atoms with Crippen molar-refractivity contribution in [3.05, 3.63) is 199 Å². The number of benzene rings is 8. The van der Waals surface area contributed by atoms with E-state index in [4.69, 9.17) is 14.4 Å². The predicted octanol–water partition coefficient (Wildman–Crippen LogP) is 14.4. The first-order valence-electron chi connectivity index (χ1n) is 20.2. The largest absolute Gasteiger partial charge is 0.452 e. The van der Waals surface area contributed by atoms with Gasteiger partial charge in [-0.3, -0.25) is 0 Å². The highest BCUT2D eigenvalue weighted by atomic mass is 16.3. The van der Waals surface area contributed by atoms with E-state index in [-0.39, 0.29) is 5.41 Å². The Morgan fingerprint density at radius 3 is 1.86 bits per heavy atom. The van der Waals surface area contributed by atoms with Crippen molar-refractivity contribution in [3.63, 3.8) is 0 Å². The molecular formula is C55H37N3O. The van der Waals surface area contributed by atoms with E-state index in [9.17, 15) is 0 Å². The van der Waals surface area contributed by atoms with Crippen LogP contribution in [-0.2, 0) is 5.41 Å². The number of hydrogen-bond donors (Lipinski definition) is 0. The molecular weight excluding hydrogens is 719 g/mol. The van der Waals surface area contributed by atoms with E-state index in [1.54, 1.807) is 0 Å². The van der Waals surface area contributed by atoms with Crippen LogP contribution in [0.25, 0.3) is 106 Å². The van der Waals surface area contributed by atoms with Gasteiger partial charge in [0, 0.05) is 44.0 Å². The summed E-state index contributed by atoms with van der Waals surface area (Å²) >= 11 is 0. The fourth-order valence-electron chi connectivity index (χ4n) is 9.67. The Kier molecular flexibility index (Phi) is 7.24. The van der Waals surface area contributed by atoms with Crippen molar-refractivity contribution in [1.29, 1.82) is 0 Å². The molecule has 0 saturated carbocycles. The molecule has 59 heavy (non-hydrogen) atoms. The standard InChI is InChI=1S/C55H37N3O/c1-55(2)45-26-16-15-25-40(45)48-49(55)41(35-19-9-4-10-20-35)33-43-42-31-38(34-17-7-3-8-18-34)27-29-46(42)58(52(43)48)39-28-30-47-44(32-39)51-53(59-47)50(36-21-11-5-12-22-36)56-54(57-51)37-23-13-6-14-24-37/h3-33H,1-2H3. The summed E-state index contributed by atoms with van der Waals surface area (Å²) in [5.74, 6) is 0.667. The van der Waals surface area contributed by atoms with E-state index in [1.165, 1.54) is 60.8 Å². The normalized spacial score (nSPS) is 13.1. The zero-order valence-corrected chi connectivity index (χ0v) is 32.6. The Morgan fingerprint density at radius 2 is 1.14 bits per heavy atom. The van der Waals surface area contributed by atoms with Gasteiger partial charge >= 0.3 is 0 Å². The van der Waals surface area contributed by atoms with E-state index >= 15 is 0 Å². The lowest BCUT2D eigenvalue weighted by molar-refractivity contribution is 0.662. The molecule has 4 nitrogen and oxygen atoms in total. The third-order valence-corrected chi connectivity index (χ3v) is 12.4. The fourth-order valence-corrected chi connectivity index (χ4v) is 9.67. The van der Waals surface area contributed by atoms with E-state index in [1.807, 2.05) is 36.4 Å². The Hall–Kier alpha value is -7.56. The molecule has 3 aromatic heterocycles. The van der Waals surface area contributed by atoms with Gasteiger partial charge in [-0.15, -0.1) is 0 Å². The Balaban J connectivity index is 1.21. The van der Waals surface area contributed by atoms with Gasteiger partial charge in [0.25, 0.3) is 0 Å². The van der Waals surface area contributed by atoms with Gasteiger partial charge in [-0.25, -0.2) is 9.97 Å². The second kappa shape index (κ2) is 12.7. The summed E-state index contributed by atoms with van der Waals surface area (Å²) < 4.78 is 9.21. The molecule has 4 heteroatoms. The van der Waals surface area contributed by atoms with Gasteiger partial charge in [0.2, 0.25) is 0 Å². The minimum Gasteiger partial charge on any atom is -0.452 e. The third kappa shape index (κ3) is 5.03. The van der Waals surface area contributed by atoms with E-state index in [2.05, 4.69) is 170 Å². The van der Waals surface area contributed by atoms with Crippen LogP contribution in [0.4, 0.5) is 0 Å². The van der Waals surface area contributed by atoms with Crippen LogP contribution >= 0.6 is 0 Å². The van der Waals surface area contributed by atoms with E-state index < -0.39 is 0 Å². The number of hydrogen-bond acceptors (Lipinski definition) is 3. The molecule has 0 unspecified atom stereocenters. The molecule has 1 aliphatic rings. The van der Waals surface area contributed by atoms with Crippen LogP contribution in [0.5, 0.6) is 0 Å². The molecule has 0 radical (unpaired) electrons. The molecule has 0 N–H and O–H groups in total. The average Bonchev–Trinajstić information content (AvgIpc) is 3.91. The van der Waals surface area contributed by atoms with Gasteiger partial charge in [0.15, 0.2) is 11.4 Å². The first-order chi connectivity index (χ1) is 29.0. The van der Waals surface area contributed by atoms with Crippen LogP contribution in [0.3, 0.4) is 0 Å². The summed E-state index contributed by atoms with van der Waals surface area (Å²) in [5.41, 5.74) is 18.3. The van der Waals surface area contributed by atoms with Crippen LogP contribution in [0.1, 0.15) is 25.0 Å². The minimum absolute atomic E-state index is 0.231. The molecule has 0 atom stereocenters. The SMILES string of the molecule is CC1(C)c2ccccc2-c2c1c(-c1ccccc1)cc1c3cc(-c4ccccc4)ccc3n(-c3ccc4oc5c(-c6ccccc6)nc(-c6ccccc6)nc5c4c3)c21. The second-order valence-electron chi connectivity index (χ2n) is 16.1. The highest BCUT2D eigenvalue weighted by Crippen LogP contribution is 2.56. The summed E-state index contributed by atoms with van der Waals surface area (Å²) in [6, 6.07) is 67.1. The number of aromatic nitrogens is 3. The van der Waals surface area contributed by atoms with Gasteiger partial charge in [-0.2, -0.15) is 0 Å². The van der Waals surface area contributed by atoms with Crippen molar-refractivity contribution in [1.82, 2.24) is 14.5 Å². The van der Waals surface area contributed by atoms with Crippen LogP contribution in [0.15, 0.2) is 192 Å². The summed E-state index contributed by atoms with van der Waals surface area (Å²) in [6.45, 7) is 4.77. The molecule has 1 aliphatic carbocycles. The molecule has 12 rings (SSSR count). The second-order valence-corrected chi connectivity index (χ2v) is 16.1. The minimum atomic E-state index is -0.231. The summed E-state index contributed by atoms with van der Waals surface area (Å²) in [7, 11) is 0. The van der Waals surface area contributed by atoms with Gasteiger partial charge in [-0.1, -0.05) is 166 Å². The Morgan fingerprint density at radius 1 is 0.492 bits per heavy atom. The average molecular weight is 756 g/mol. The maximum absolute atomic E-state index is 6.72. The maximum Gasteiger partial charge on any atom is 0.180 e. The fraction of sp³-hybridized carbons (Fsp3) is 0.0545. The van der Waals surface area contributed by atoms with Crippen LogP contribution < -0.4 is 0 Å². The van der Waals surface area contributed by atoms with Crippen molar-refractivity contribution in [2.45, 2.75) is 19.3 Å². The first kappa shape index (κ1) is 33.6. The van der Waals surface area contributed by atoms with Crippen molar-refractivity contribution in [2.24, 2.45) is 0 Å². The van der Waals surface area contributed by atoms with E-state index in [0.717, 1.165) is 44.5 Å². The number of rotatable bonds is 5. The molecule has 0 amide bonds. The monoisotopic (exact) mass is 755 g/mol. The molecule has 11 aromatic rings. The summed E-state index contributed by atoms with van der Waals surface area (Å²) in [6.07, 6.45) is 0. The zero-order chi connectivity index (χ0) is 39.2. The van der Waals surface area contributed by atoms with Gasteiger partial charge in [-0.05, 0) is 75.3 Å². The van der Waals surface area contributed by atoms with Crippen molar-refractivity contribution in [3.8, 4) is 61.7 Å². The highest BCUT2D eigenvalue weighted by Gasteiger charge is 2.40. The van der Waals surface area contributed by atoms with Crippen LogP contribution in [0.2, 0.25) is 0 Å². The molecule has 0 spiro atoms. The Labute approximate surface area is 341 Å². The van der Waals surface area contributed by atoms with Crippen molar-refractivity contribution < 1.29 is 4.42 Å². The lowest BCUT2D eigenvalue weighted by atomic mass is 9.78. The molecule has 0 saturated heterocycles. The van der Waals surface area contributed by atoms with Crippen molar-refractivity contribution >= 4 is 43.9 Å². The summed E-state index contributed by atoms with van der Waals surface area (Å²) in [5, 5.41) is 3.38. The molecule has 0 bridgehead atoms. The molecule has 0 fully saturated rings. The molecule has 0 aliphatic heterocycles. The number of nitrogens with zero attached hydrogens (tertiary/aromatic N) is 3. The topological polar surface area (TPSA) is 43.9 Å². The Bertz CT molecular complexity index is 3440. The highest BCUT2D eigenvalue weighted by molar-refractivity contribution is 6.19. The van der Waals surface area contributed by atoms with Gasteiger partial charge in [0.1, 0.15) is 16.8 Å². The summed E-state index contributed by atoms with van der Waals surface area (Å²) in [4.78, 5) is 10.4. The third-order valence-electron chi connectivity index (χ3n) is 12.4. The van der Waals surface area contributed by atoms with Gasteiger partial charge < -0.3 is 8.98 Å². The van der Waals surface area contributed by atoms with Crippen LogP contribution in [0, 0.1) is 0 Å². The van der Waals surface area contributed by atoms with Crippen LogP contribution in [-0.4, -0.2) is 14.5 Å². The molecule has 278 valence electrons. The lowest BCUT2D eigenvalue weighted by Gasteiger charge is -2.25. The molecule has 8 aromatic carbocycles. The van der Waals surface area contributed by atoms with E-state index in [0.29, 0.717) is 11.4 Å². The molecule has 3 heterocycles. The number of furan rings is 1. The van der Waals surface area contributed by atoms with Crippen molar-refractivity contribution in [2.75, 3.05) is 0 Å². The maximum atomic E-state index is 6.72. The van der Waals surface area contributed by atoms with Gasteiger partial charge in [0.05, 0.1) is 11.0 Å². The predicted molar refractivity (Wildman–Crippen MR) is 243 cm³/mol.